The number of hydrogen-bond acceptors (Lipinski definition) is 2. The van der Waals surface area contributed by atoms with Gasteiger partial charge in [0.25, 0.3) is 0 Å². The van der Waals surface area contributed by atoms with E-state index in [1.807, 2.05) is 62.4 Å². The van der Waals surface area contributed by atoms with Crippen LogP contribution in [0.3, 0.4) is 0 Å². The third-order valence-corrected chi connectivity index (χ3v) is 5.46. The average molecular weight is 345 g/mol. The van der Waals surface area contributed by atoms with Crippen LogP contribution in [-0.4, -0.2) is 27.5 Å². The van der Waals surface area contributed by atoms with Crippen molar-refractivity contribution in [3.8, 4) is 0 Å². The molecule has 0 heterocycles. The summed E-state index contributed by atoms with van der Waals surface area (Å²) in [5, 5.41) is 0. The molecule has 0 aliphatic rings. The van der Waals surface area contributed by atoms with Gasteiger partial charge in [0.1, 0.15) is 0 Å². The topological polar surface area (TPSA) is 26.3 Å². The Labute approximate surface area is 132 Å². The fourth-order valence-electron chi connectivity index (χ4n) is 1.89. The second kappa shape index (κ2) is 7.82. The molecule has 0 saturated carbocycles. The molecule has 0 aromatic heterocycles. The predicted octanol–water partition coefficient (Wildman–Crippen LogP) is 3.01. The molecule has 2 nitrogen and oxygen atoms in total. The third-order valence-electron chi connectivity index (χ3n) is 2.97. The van der Waals surface area contributed by atoms with Crippen molar-refractivity contribution in [3.05, 3.63) is 70.7 Å². The van der Waals surface area contributed by atoms with Gasteiger partial charge in [-0.2, -0.15) is 0 Å². The first-order valence-electron chi connectivity index (χ1n) is 6.88. The maximum atomic E-state index is 12.3. The summed E-state index contributed by atoms with van der Waals surface area (Å²) in [5.41, 5.74) is 2.07. The minimum absolute atomic E-state index is 0.0621. The zero-order valence-electron chi connectivity index (χ0n) is 12.2. The Morgan fingerprint density at radius 2 is 1.57 bits per heavy atom. The molecule has 3 heteroatoms. The van der Waals surface area contributed by atoms with Gasteiger partial charge in [-0.3, -0.25) is 0 Å². The van der Waals surface area contributed by atoms with Crippen LogP contribution in [-0.2, 0) is 9.53 Å². The van der Waals surface area contributed by atoms with Crippen LogP contribution in [0.4, 0.5) is 0 Å². The van der Waals surface area contributed by atoms with E-state index in [4.69, 9.17) is 4.74 Å². The van der Waals surface area contributed by atoms with Gasteiger partial charge >= 0.3 is 132 Å². The van der Waals surface area contributed by atoms with Crippen LogP contribution in [0.5, 0.6) is 0 Å². The van der Waals surface area contributed by atoms with Crippen molar-refractivity contribution in [1.82, 2.24) is 0 Å². The van der Waals surface area contributed by atoms with Gasteiger partial charge in [-0.1, -0.05) is 0 Å². The van der Waals surface area contributed by atoms with E-state index in [-0.39, 0.29) is 20.9 Å². The molecule has 0 spiro atoms. The Balaban J connectivity index is 2.38. The fraction of sp³-hybridized carbons (Fsp3) is 0.167. The summed E-state index contributed by atoms with van der Waals surface area (Å²) in [6.45, 7) is 4.23. The summed E-state index contributed by atoms with van der Waals surface area (Å²) >= 11 is -0.0621. The summed E-state index contributed by atoms with van der Waals surface area (Å²) < 4.78 is 7.19. The van der Waals surface area contributed by atoms with Gasteiger partial charge in [0, 0.05) is 0 Å². The summed E-state index contributed by atoms with van der Waals surface area (Å²) in [6.07, 6.45) is 0. The zero-order chi connectivity index (χ0) is 15.1. The van der Waals surface area contributed by atoms with Crippen LogP contribution in [0.2, 0.25) is 0 Å². The van der Waals surface area contributed by atoms with Crippen LogP contribution < -0.4 is 4.46 Å². The fourth-order valence-corrected chi connectivity index (χ4v) is 3.87. The van der Waals surface area contributed by atoms with E-state index >= 15 is 0 Å². The second-order valence-corrected chi connectivity index (χ2v) is 6.73. The normalized spacial score (nSPS) is 11.7. The predicted molar refractivity (Wildman–Crippen MR) is 87.5 cm³/mol. The SMILES string of the molecule is CCOC(=O)/C([Se]c1ccccc1)=C(\C)c1ccccc1. The molecule has 0 aliphatic heterocycles. The molecule has 0 bridgehead atoms. The van der Waals surface area contributed by atoms with Crippen molar-refractivity contribution in [2.45, 2.75) is 13.8 Å². The van der Waals surface area contributed by atoms with Gasteiger partial charge in [-0.05, 0) is 0 Å². The molecule has 0 fully saturated rings. The van der Waals surface area contributed by atoms with Crippen LogP contribution in [0.15, 0.2) is 65.1 Å². The van der Waals surface area contributed by atoms with E-state index in [9.17, 15) is 4.79 Å². The molecule has 2 aromatic rings. The summed E-state index contributed by atoms with van der Waals surface area (Å²) in [4.78, 5) is 12.3. The van der Waals surface area contributed by atoms with Crippen LogP contribution in [0.25, 0.3) is 5.57 Å². The second-order valence-electron chi connectivity index (χ2n) is 4.46. The average Bonchev–Trinajstić information content (AvgIpc) is 2.54. The number of hydrogen-bond donors (Lipinski definition) is 0. The molecular formula is C18H18O2Se. The first-order valence-corrected chi connectivity index (χ1v) is 8.60. The Morgan fingerprint density at radius 1 is 1.00 bits per heavy atom. The molecule has 0 aliphatic carbocycles. The number of allylic oxidation sites excluding steroid dienone is 1. The van der Waals surface area contributed by atoms with Gasteiger partial charge in [0.2, 0.25) is 0 Å². The van der Waals surface area contributed by atoms with Crippen LogP contribution in [0, 0.1) is 0 Å². The molecule has 2 aromatic carbocycles. The Morgan fingerprint density at radius 3 is 2.14 bits per heavy atom. The maximum absolute atomic E-state index is 12.3. The molecular weight excluding hydrogens is 327 g/mol. The van der Waals surface area contributed by atoms with Crippen LogP contribution >= 0.6 is 0 Å². The van der Waals surface area contributed by atoms with Crippen molar-refractivity contribution in [3.63, 3.8) is 0 Å². The van der Waals surface area contributed by atoms with E-state index in [0.717, 1.165) is 15.6 Å². The molecule has 0 saturated heterocycles. The van der Waals surface area contributed by atoms with Crippen molar-refractivity contribution >= 4 is 31.0 Å². The van der Waals surface area contributed by atoms with Gasteiger partial charge in [0.05, 0.1) is 0 Å². The van der Waals surface area contributed by atoms with Gasteiger partial charge in [-0.25, -0.2) is 0 Å². The molecule has 0 unspecified atom stereocenters. The number of carbonyl (C=O) groups is 1. The molecule has 21 heavy (non-hydrogen) atoms. The van der Waals surface area contributed by atoms with Gasteiger partial charge in [0.15, 0.2) is 0 Å². The van der Waals surface area contributed by atoms with Crippen LogP contribution in [0.1, 0.15) is 19.4 Å². The van der Waals surface area contributed by atoms with Crippen molar-refractivity contribution in [2.75, 3.05) is 6.61 Å². The third kappa shape index (κ3) is 4.32. The first-order chi connectivity index (χ1) is 10.2. The van der Waals surface area contributed by atoms with Crippen molar-refractivity contribution in [2.24, 2.45) is 0 Å². The summed E-state index contributed by atoms with van der Waals surface area (Å²) in [6, 6.07) is 20.1. The van der Waals surface area contributed by atoms with Gasteiger partial charge in [-0.15, -0.1) is 0 Å². The molecule has 0 N–H and O–H groups in total. The van der Waals surface area contributed by atoms with E-state index in [1.54, 1.807) is 0 Å². The van der Waals surface area contributed by atoms with Crippen molar-refractivity contribution < 1.29 is 9.53 Å². The molecule has 2 rings (SSSR count). The quantitative estimate of drug-likeness (QED) is 0.473. The molecule has 108 valence electrons. The van der Waals surface area contributed by atoms with Crippen molar-refractivity contribution in [1.29, 1.82) is 0 Å². The first kappa shape index (κ1) is 15.6. The van der Waals surface area contributed by atoms with E-state index in [0.29, 0.717) is 6.61 Å². The number of esters is 1. The number of rotatable bonds is 5. The Hall–Kier alpha value is -1.83. The van der Waals surface area contributed by atoms with E-state index in [2.05, 4.69) is 12.1 Å². The Kier molecular flexibility index (Phi) is 5.79. The van der Waals surface area contributed by atoms with Gasteiger partial charge < -0.3 is 0 Å². The Bertz CT molecular complexity index is 618. The monoisotopic (exact) mass is 346 g/mol. The van der Waals surface area contributed by atoms with E-state index < -0.39 is 0 Å². The summed E-state index contributed by atoms with van der Waals surface area (Å²) in [5.74, 6) is -0.206. The summed E-state index contributed by atoms with van der Waals surface area (Å²) in [7, 11) is 0. The molecule has 0 atom stereocenters. The number of benzene rings is 2. The van der Waals surface area contributed by atoms with E-state index in [1.165, 1.54) is 4.46 Å². The number of ether oxygens (including phenoxy) is 1. The molecule has 0 amide bonds. The zero-order valence-corrected chi connectivity index (χ0v) is 13.9. The number of carbonyl (C=O) groups excluding carboxylic acids is 1. The minimum atomic E-state index is -0.206. The molecule has 0 radical (unpaired) electrons. The standard InChI is InChI=1S/C18H18O2Se/c1-3-20-18(19)17(21-16-12-8-5-9-13-16)14(2)15-10-6-4-7-11-15/h4-13H,3H2,1-2H3/b17-14-.